The molecule has 4 saturated carbocycles. The van der Waals surface area contributed by atoms with E-state index in [1.165, 1.54) is 82.6 Å². The van der Waals surface area contributed by atoms with Gasteiger partial charge in [0.25, 0.3) is 11.8 Å². The molecule has 1 spiro atoms. The van der Waals surface area contributed by atoms with E-state index >= 15 is 0 Å². The Morgan fingerprint density at radius 1 is 0.907 bits per heavy atom. The number of imide groups is 1. The van der Waals surface area contributed by atoms with E-state index in [4.69, 9.17) is 4.74 Å². The summed E-state index contributed by atoms with van der Waals surface area (Å²) >= 11 is 0. The molecule has 5 fully saturated rings. The SMILES string of the molecule is CCCCCCCC[C@H]1CCC2C3C[C@@H]4N(N5C(=O)c6ccccc6C5=O)[C@@]45CC(OC(C)=O)CC[C@]5(C)C3CC[C@@]21C. The molecule has 6 nitrogen and oxygen atoms in total. The van der Waals surface area contributed by atoms with Gasteiger partial charge in [-0.05, 0) is 98.0 Å². The van der Waals surface area contributed by atoms with Crippen LogP contribution in [-0.2, 0) is 9.53 Å². The minimum absolute atomic E-state index is 0.0226. The highest BCUT2D eigenvalue weighted by molar-refractivity contribution is 6.21. The molecule has 0 bridgehead atoms. The molecule has 5 unspecified atom stereocenters. The van der Waals surface area contributed by atoms with Crippen LogP contribution in [0.2, 0.25) is 0 Å². The summed E-state index contributed by atoms with van der Waals surface area (Å²) in [6, 6.07) is 7.41. The second-order valence-electron chi connectivity index (χ2n) is 15.6. The van der Waals surface area contributed by atoms with Gasteiger partial charge in [0.2, 0.25) is 0 Å². The zero-order valence-electron chi connectivity index (χ0n) is 26.9. The van der Waals surface area contributed by atoms with Crippen LogP contribution in [-0.4, -0.2) is 45.5 Å². The van der Waals surface area contributed by atoms with Crippen LogP contribution < -0.4 is 0 Å². The summed E-state index contributed by atoms with van der Waals surface area (Å²) in [5, 5.41) is 3.72. The molecule has 10 atom stereocenters. The molecule has 6 aliphatic rings. The Morgan fingerprint density at radius 2 is 1.60 bits per heavy atom. The molecule has 2 heterocycles. The normalized spacial score (nSPS) is 42.5. The minimum atomic E-state index is -0.315. The van der Waals surface area contributed by atoms with Crippen molar-refractivity contribution in [3.05, 3.63) is 35.4 Å². The van der Waals surface area contributed by atoms with Gasteiger partial charge in [-0.15, -0.1) is 0 Å². The van der Waals surface area contributed by atoms with Gasteiger partial charge in [0.05, 0.1) is 22.7 Å². The average molecular weight is 589 g/mol. The van der Waals surface area contributed by atoms with Gasteiger partial charge in [0.15, 0.2) is 0 Å². The molecule has 2 amide bonds. The maximum Gasteiger partial charge on any atom is 0.302 e. The molecule has 7 rings (SSSR count). The summed E-state index contributed by atoms with van der Waals surface area (Å²) < 4.78 is 5.85. The molecular weight excluding hydrogens is 536 g/mol. The third-order valence-electron chi connectivity index (χ3n) is 13.9. The topological polar surface area (TPSA) is 66.7 Å². The van der Waals surface area contributed by atoms with Crippen molar-refractivity contribution in [3.63, 3.8) is 0 Å². The van der Waals surface area contributed by atoms with Crippen LogP contribution in [0.4, 0.5) is 0 Å². The lowest BCUT2D eigenvalue weighted by molar-refractivity contribution is -0.157. The molecule has 4 aliphatic carbocycles. The highest BCUT2D eigenvalue weighted by Gasteiger charge is 2.81. The molecule has 234 valence electrons. The van der Waals surface area contributed by atoms with Crippen LogP contribution >= 0.6 is 0 Å². The van der Waals surface area contributed by atoms with Crippen LogP contribution in [0.5, 0.6) is 0 Å². The Hall–Kier alpha value is -2.21. The number of carbonyl (C=O) groups excluding carboxylic acids is 3. The first-order valence-corrected chi connectivity index (χ1v) is 17.6. The fourth-order valence-corrected chi connectivity index (χ4v) is 11.9. The number of hydrogen-bond donors (Lipinski definition) is 0. The molecule has 6 heteroatoms. The van der Waals surface area contributed by atoms with Crippen molar-refractivity contribution in [2.75, 3.05) is 0 Å². The van der Waals surface area contributed by atoms with Crippen molar-refractivity contribution in [1.82, 2.24) is 10.0 Å². The number of nitrogens with zero attached hydrogens (tertiary/aromatic N) is 2. The smallest absolute Gasteiger partial charge is 0.302 e. The van der Waals surface area contributed by atoms with Crippen molar-refractivity contribution < 1.29 is 19.1 Å². The van der Waals surface area contributed by atoms with E-state index in [0.717, 1.165) is 31.1 Å². The Bertz CT molecular complexity index is 1260. The Balaban J connectivity index is 1.16. The average Bonchev–Trinajstić information content (AvgIpc) is 3.34. The Morgan fingerprint density at radius 3 is 2.30 bits per heavy atom. The Kier molecular flexibility index (Phi) is 7.34. The quantitative estimate of drug-likeness (QED) is 0.127. The van der Waals surface area contributed by atoms with Crippen LogP contribution in [0.1, 0.15) is 145 Å². The zero-order valence-corrected chi connectivity index (χ0v) is 26.9. The van der Waals surface area contributed by atoms with Crippen LogP contribution in [0, 0.1) is 34.5 Å². The third kappa shape index (κ3) is 4.24. The summed E-state index contributed by atoms with van der Waals surface area (Å²) in [4.78, 5) is 39.7. The monoisotopic (exact) mass is 588 g/mol. The molecule has 1 aromatic carbocycles. The molecule has 0 N–H and O–H groups in total. The second kappa shape index (κ2) is 10.7. The van der Waals surface area contributed by atoms with Crippen LogP contribution in [0.3, 0.4) is 0 Å². The summed E-state index contributed by atoms with van der Waals surface area (Å²) in [6.07, 6.45) is 18.3. The van der Waals surface area contributed by atoms with E-state index in [1.807, 2.05) is 12.1 Å². The van der Waals surface area contributed by atoms with Gasteiger partial charge >= 0.3 is 5.97 Å². The van der Waals surface area contributed by atoms with Crippen molar-refractivity contribution >= 4 is 17.8 Å². The van der Waals surface area contributed by atoms with Gasteiger partial charge in [-0.3, -0.25) is 14.4 Å². The fourth-order valence-electron chi connectivity index (χ4n) is 11.9. The first-order chi connectivity index (χ1) is 20.7. The maximum absolute atomic E-state index is 13.8. The van der Waals surface area contributed by atoms with Gasteiger partial charge in [-0.2, -0.15) is 5.01 Å². The maximum atomic E-state index is 13.8. The number of ether oxygens (including phenoxy) is 1. The van der Waals surface area contributed by atoms with Crippen molar-refractivity contribution in [3.8, 4) is 0 Å². The fraction of sp³-hybridized carbons (Fsp3) is 0.757. The number of rotatable bonds is 9. The highest BCUT2D eigenvalue weighted by atomic mass is 16.5. The molecule has 0 radical (unpaired) electrons. The zero-order chi connectivity index (χ0) is 30.1. The number of benzene rings is 1. The Labute approximate surface area is 258 Å². The lowest BCUT2D eigenvalue weighted by Crippen LogP contribution is -2.60. The van der Waals surface area contributed by atoms with E-state index < -0.39 is 0 Å². The van der Waals surface area contributed by atoms with Gasteiger partial charge in [0, 0.05) is 13.3 Å². The molecule has 0 aromatic heterocycles. The molecule has 1 aromatic rings. The number of amides is 2. The number of hydrazine groups is 1. The van der Waals surface area contributed by atoms with Gasteiger partial charge < -0.3 is 4.74 Å². The predicted molar refractivity (Wildman–Crippen MR) is 166 cm³/mol. The van der Waals surface area contributed by atoms with Gasteiger partial charge in [0.1, 0.15) is 6.10 Å². The summed E-state index contributed by atoms with van der Waals surface area (Å²) in [6.45, 7) is 8.89. The summed E-state index contributed by atoms with van der Waals surface area (Å²) in [5.74, 6) is 2.15. The molecular formula is C37H52N2O4. The van der Waals surface area contributed by atoms with Crippen molar-refractivity contribution in [1.29, 1.82) is 0 Å². The van der Waals surface area contributed by atoms with Crippen molar-refractivity contribution in [2.24, 2.45) is 34.5 Å². The molecule has 1 saturated heterocycles. The van der Waals surface area contributed by atoms with Gasteiger partial charge in [-0.25, -0.2) is 5.01 Å². The summed E-state index contributed by atoms with van der Waals surface area (Å²) in [7, 11) is 0. The van der Waals surface area contributed by atoms with Crippen LogP contribution in [0.15, 0.2) is 24.3 Å². The van der Waals surface area contributed by atoms with E-state index in [9.17, 15) is 14.4 Å². The van der Waals surface area contributed by atoms with E-state index in [1.54, 1.807) is 12.1 Å². The highest BCUT2D eigenvalue weighted by Crippen LogP contribution is 2.75. The number of unbranched alkanes of at least 4 members (excludes halogenated alkanes) is 5. The summed E-state index contributed by atoms with van der Waals surface area (Å²) in [5.41, 5.74) is 1.10. The van der Waals surface area contributed by atoms with E-state index in [0.29, 0.717) is 34.8 Å². The lowest BCUT2D eigenvalue weighted by atomic mass is 9.44. The standard InChI is InChI=1S/C37H52N2O4/c1-5-6-7-8-9-10-13-25-16-17-30-29-22-32-37(39(32)38-33(41)27-14-11-12-15-28(27)34(38)42)23-26(43-24(2)40)18-21-36(37,4)31(29)19-20-35(25,30)3/h11-12,14-15,25-26,29-32H,5-10,13,16-23H2,1-4H3/t25-,26?,29?,30?,31?,32-,35+,36+,37-,39?/m0/s1. The number of fused-ring (bicyclic) bond motifs is 5. The van der Waals surface area contributed by atoms with E-state index in [-0.39, 0.29) is 40.9 Å². The minimum Gasteiger partial charge on any atom is -0.462 e. The van der Waals surface area contributed by atoms with Crippen LogP contribution in [0.25, 0.3) is 0 Å². The van der Waals surface area contributed by atoms with Crippen molar-refractivity contribution in [2.45, 2.75) is 142 Å². The molecule has 2 aliphatic heterocycles. The number of esters is 1. The number of hydrogen-bond acceptors (Lipinski definition) is 5. The predicted octanol–water partition coefficient (Wildman–Crippen LogP) is 7.96. The first-order valence-electron chi connectivity index (χ1n) is 17.6. The first kappa shape index (κ1) is 29.5. The number of carbonyl (C=O) groups is 3. The van der Waals surface area contributed by atoms with Gasteiger partial charge in [-0.1, -0.05) is 71.4 Å². The largest absolute Gasteiger partial charge is 0.462 e. The third-order valence-corrected chi connectivity index (χ3v) is 13.9. The molecule has 43 heavy (non-hydrogen) atoms. The second-order valence-corrected chi connectivity index (χ2v) is 15.6. The van der Waals surface area contributed by atoms with E-state index in [2.05, 4.69) is 25.8 Å². The lowest BCUT2D eigenvalue weighted by Gasteiger charge is -2.60.